The first-order valence-electron chi connectivity index (χ1n) is 5.05. The van der Waals surface area contributed by atoms with Crippen molar-refractivity contribution in [3.8, 4) is 0 Å². The van der Waals surface area contributed by atoms with E-state index in [9.17, 15) is 0 Å². The van der Waals surface area contributed by atoms with E-state index >= 15 is 0 Å². The molecule has 1 nitrogen and oxygen atoms in total. The predicted molar refractivity (Wildman–Crippen MR) is 68.6 cm³/mol. The summed E-state index contributed by atoms with van der Waals surface area (Å²) in [7, 11) is 0. The Morgan fingerprint density at radius 2 is 2.07 bits per heavy atom. The van der Waals surface area contributed by atoms with Gasteiger partial charge in [0.25, 0.3) is 0 Å². The Hall–Kier alpha value is -0.890. The van der Waals surface area contributed by atoms with Crippen LogP contribution in [0.5, 0.6) is 0 Å². The number of rotatable bonds is 2. The van der Waals surface area contributed by atoms with Crippen LogP contribution < -0.4 is 0 Å². The van der Waals surface area contributed by atoms with Gasteiger partial charge in [-0.2, -0.15) is 0 Å². The number of pyridine rings is 1. The second-order valence-corrected chi connectivity index (χ2v) is 4.99. The summed E-state index contributed by atoms with van der Waals surface area (Å²) in [6, 6.07) is 10.6. The number of hydrogen-bond donors (Lipinski definition) is 0. The third-order valence-electron chi connectivity index (χ3n) is 2.72. The van der Waals surface area contributed by atoms with Gasteiger partial charge in [-0.25, -0.2) is 0 Å². The highest BCUT2D eigenvalue weighted by molar-refractivity contribution is 9.09. The number of halogens is 1. The molecule has 0 spiro atoms. The first-order valence-corrected chi connectivity index (χ1v) is 6.17. The van der Waals surface area contributed by atoms with Gasteiger partial charge in [-0.1, -0.05) is 41.9 Å². The molecule has 0 atom stereocenters. The largest absolute Gasteiger partial charge is 0.256 e. The molecular formula is C13H14BrN. The molecule has 1 aromatic heterocycles. The van der Waals surface area contributed by atoms with E-state index in [0.29, 0.717) is 0 Å². The van der Waals surface area contributed by atoms with Gasteiger partial charge in [0.1, 0.15) is 0 Å². The third kappa shape index (κ3) is 2.05. The quantitative estimate of drug-likeness (QED) is 0.749. The molecule has 0 amide bonds. The monoisotopic (exact) mass is 263 g/mol. The summed E-state index contributed by atoms with van der Waals surface area (Å²) in [5.41, 5.74) is 2.58. The molecular weight excluding hydrogens is 250 g/mol. The van der Waals surface area contributed by atoms with Crippen molar-refractivity contribution in [1.82, 2.24) is 4.98 Å². The zero-order chi connectivity index (χ0) is 10.9. The van der Waals surface area contributed by atoms with E-state index in [-0.39, 0.29) is 5.41 Å². The molecule has 1 aromatic carbocycles. The highest BCUT2D eigenvalue weighted by Crippen LogP contribution is 2.27. The van der Waals surface area contributed by atoms with E-state index in [2.05, 4.69) is 59.0 Å². The lowest BCUT2D eigenvalue weighted by Crippen LogP contribution is -2.18. The lowest BCUT2D eigenvalue weighted by Gasteiger charge is -2.22. The maximum atomic E-state index is 4.32. The molecule has 1 heterocycles. The minimum absolute atomic E-state index is 0.171. The van der Waals surface area contributed by atoms with Crippen LogP contribution in [0, 0.1) is 0 Å². The Morgan fingerprint density at radius 1 is 1.27 bits per heavy atom. The Kier molecular flexibility index (Phi) is 2.79. The van der Waals surface area contributed by atoms with Gasteiger partial charge in [0, 0.05) is 16.9 Å². The Labute approximate surface area is 98.7 Å². The second kappa shape index (κ2) is 3.93. The molecule has 2 rings (SSSR count). The smallest absolute Gasteiger partial charge is 0.0702 e. The average Bonchev–Trinajstić information content (AvgIpc) is 2.28. The van der Waals surface area contributed by atoms with Gasteiger partial charge in [0.05, 0.1) is 5.52 Å². The van der Waals surface area contributed by atoms with Crippen molar-refractivity contribution >= 4 is 26.8 Å². The molecule has 0 unspecified atom stereocenters. The van der Waals surface area contributed by atoms with E-state index in [1.165, 1.54) is 10.9 Å². The van der Waals surface area contributed by atoms with Crippen molar-refractivity contribution in [2.24, 2.45) is 0 Å². The van der Waals surface area contributed by atoms with Crippen LogP contribution in [0.25, 0.3) is 10.9 Å². The van der Waals surface area contributed by atoms with Crippen LogP contribution in [-0.4, -0.2) is 10.3 Å². The zero-order valence-corrected chi connectivity index (χ0v) is 10.6. The van der Waals surface area contributed by atoms with Crippen molar-refractivity contribution in [3.05, 3.63) is 42.1 Å². The molecule has 0 saturated heterocycles. The highest BCUT2D eigenvalue weighted by Gasteiger charge is 2.18. The van der Waals surface area contributed by atoms with Crippen molar-refractivity contribution in [2.45, 2.75) is 19.3 Å². The lowest BCUT2D eigenvalue weighted by molar-refractivity contribution is 0.607. The highest BCUT2D eigenvalue weighted by atomic mass is 79.9. The topological polar surface area (TPSA) is 12.9 Å². The molecule has 2 heteroatoms. The van der Waals surface area contributed by atoms with Crippen LogP contribution in [0.2, 0.25) is 0 Å². The van der Waals surface area contributed by atoms with Gasteiger partial charge in [-0.15, -0.1) is 0 Å². The molecule has 0 aliphatic rings. The standard InChI is InChI=1S/C13H14BrN/c1-13(2,9-14)11-5-6-12-10(8-11)4-3-7-15-12/h3-8H,9H2,1-2H3. The number of alkyl halides is 1. The van der Waals surface area contributed by atoms with Crippen LogP contribution in [-0.2, 0) is 5.41 Å². The summed E-state index contributed by atoms with van der Waals surface area (Å²) in [5.74, 6) is 0. The second-order valence-electron chi connectivity index (χ2n) is 4.43. The maximum absolute atomic E-state index is 4.32. The molecule has 0 aliphatic carbocycles. The number of hydrogen-bond acceptors (Lipinski definition) is 1. The first-order chi connectivity index (χ1) is 7.13. The molecule has 0 radical (unpaired) electrons. The van der Waals surface area contributed by atoms with Crippen LogP contribution in [0.15, 0.2) is 36.5 Å². The van der Waals surface area contributed by atoms with Crippen LogP contribution in [0.4, 0.5) is 0 Å². The van der Waals surface area contributed by atoms with Gasteiger partial charge < -0.3 is 0 Å². The fraction of sp³-hybridized carbons (Fsp3) is 0.308. The van der Waals surface area contributed by atoms with Gasteiger partial charge in [0.2, 0.25) is 0 Å². The number of nitrogens with zero attached hydrogens (tertiary/aromatic N) is 1. The van der Waals surface area contributed by atoms with E-state index in [4.69, 9.17) is 0 Å². The Bertz CT molecular complexity index is 477. The maximum Gasteiger partial charge on any atom is 0.0702 e. The van der Waals surface area contributed by atoms with Crippen LogP contribution in [0.3, 0.4) is 0 Å². The summed E-state index contributed by atoms with van der Waals surface area (Å²) < 4.78 is 0. The molecule has 78 valence electrons. The zero-order valence-electron chi connectivity index (χ0n) is 9.00. The minimum Gasteiger partial charge on any atom is -0.256 e. The molecule has 2 aromatic rings. The van der Waals surface area contributed by atoms with Crippen LogP contribution in [0.1, 0.15) is 19.4 Å². The van der Waals surface area contributed by atoms with E-state index in [0.717, 1.165) is 10.8 Å². The van der Waals surface area contributed by atoms with Crippen molar-refractivity contribution in [2.75, 3.05) is 5.33 Å². The summed E-state index contributed by atoms with van der Waals surface area (Å²) in [6.45, 7) is 4.47. The summed E-state index contributed by atoms with van der Waals surface area (Å²) in [5, 5.41) is 2.18. The number of fused-ring (bicyclic) bond motifs is 1. The van der Waals surface area contributed by atoms with Crippen molar-refractivity contribution in [3.63, 3.8) is 0 Å². The fourth-order valence-corrected chi connectivity index (χ4v) is 1.90. The fourth-order valence-electron chi connectivity index (χ4n) is 1.57. The van der Waals surface area contributed by atoms with Crippen molar-refractivity contribution in [1.29, 1.82) is 0 Å². The summed E-state index contributed by atoms with van der Waals surface area (Å²) >= 11 is 3.56. The van der Waals surface area contributed by atoms with Crippen LogP contribution >= 0.6 is 15.9 Å². The van der Waals surface area contributed by atoms with E-state index in [1.54, 1.807) is 0 Å². The predicted octanol–water partition coefficient (Wildman–Crippen LogP) is 3.91. The number of aromatic nitrogens is 1. The van der Waals surface area contributed by atoms with Gasteiger partial charge in [0.15, 0.2) is 0 Å². The third-order valence-corrected chi connectivity index (χ3v) is 4.12. The minimum atomic E-state index is 0.171. The molecule has 0 fully saturated rings. The molecule has 0 saturated carbocycles. The van der Waals surface area contributed by atoms with E-state index < -0.39 is 0 Å². The Morgan fingerprint density at radius 3 is 2.80 bits per heavy atom. The summed E-state index contributed by atoms with van der Waals surface area (Å²) in [6.07, 6.45) is 1.83. The van der Waals surface area contributed by atoms with Gasteiger partial charge in [-0.3, -0.25) is 4.98 Å². The average molecular weight is 264 g/mol. The Balaban J connectivity index is 2.56. The normalized spacial score (nSPS) is 11.9. The molecule has 0 bridgehead atoms. The SMILES string of the molecule is CC(C)(CBr)c1ccc2ncccc2c1. The van der Waals surface area contributed by atoms with Crippen molar-refractivity contribution < 1.29 is 0 Å². The summed E-state index contributed by atoms with van der Waals surface area (Å²) in [4.78, 5) is 4.32. The molecule has 15 heavy (non-hydrogen) atoms. The lowest BCUT2D eigenvalue weighted by atomic mass is 9.86. The van der Waals surface area contributed by atoms with Gasteiger partial charge in [-0.05, 0) is 29.2 Å². The van der Waals surface area contributed by atoms with Gasteiger partial charge >= 0.3 is 0 Å². The number of benzene rings is 1. The molecule has 0 aliphatic heterocycles. The van der Waals surface area contributed by atoms with E-state index in [1.807, 2.05) is 12.3 Å². The first kappa shape index (κ1) is 10.6. The molecule has 0 N–H and O–H groups in total.